The molecule has 6 nitrogen and oxygen atoms in total. The lowest BCUT2D eigenvalue weighted by molar-refractivity contribution is -0.115. The highest BCUT2D eigenvalue weighted by atomic mass is 35.5. The Morgan fingerprint density at radius 2 is 1.54 bits per heavy atom. The number of halogens is 1. The molecule has 8 heteroatoms. The van der Waals surface area contributed by atoms with Gasteiger partial charge < -0.3 is 10.6 Å². The maximum Gasteiger partial charge on any atom is 0.242 e. The lowest BCUT2D eigenvalue weighted by Crippen LogP contribution is -2.39. The number of anilines is 2. The highest BCUT2D eigenvalue weighted by Gasteiger charge is 2.33. The van der Waals surface area contributed by atoms with Crippen LogP contribution in [0.5, 0.6) is 0 Å². The van der Waals surface area contributed by atoms with Crippen molar-refractivity contribution < 1.29 is 18.0 Å². The van der Waals surface area contributed by atoms with E-state index in [1.54, 1.807) is 43.3 Å². The summed E-state index contributed by atoms with van der Waals surface area (Å²) in [6.07, 6.45) is 0.0627. The molecule has 0 heterocycles. The minimum absolute atomic E-state index is 0.0627. The number of carbonyl (C=O) groups excluding carboxylic acids is 2. The zero-order chi connectivity index (χ0) is 20.9. The molecule has 0 spiro atoms. The van der Waals surface area contributed by atoms with E-state index in [4.69, 9.17) is 11.6 Å². The van der Waals surface area contributed by atoms with Gasteiger partial charge in [0.15, 0.2) is 9.84 Å². The van der Waals surface area contributed by atoms with Gasteiger partial charge in [-0.2, -0.15) is 0 Å². The molecule has 1 unspecified atom stereocenters. The first-order valence-electron chi connectivity index (χ1n) is 8.77. The van der Waals surface area contributed by atoms with E-state index >= 15 is 0 Å². The van der Waals surface area contributed by atoms with Gasteiger partial charge in [-0.05, 0) is 67.8 Å². The summed E-state index contributed by atoms with van der Waals surface area (Å²) >= 11 is 5.78. The molecule has 1 atom stereocenters. The molecule has 0 bridgehead atoms. The van der Waals surface area contributed by atoms with E-state index in [2.05, 4.69) is 10.6 Å². The second-order valence-corrected chi connectivity index (χ2v) is 9.24. The summed E-state index contributed by atoms with van der Waals surface area (Å²) in [6, 6.07) is 11.8. The van der Waals surface area contributed by atoms with Crippen molar-refractivity contribution >= 4 is 44.6 Å². The lowest BCUT2D eigenvalue weighted by atomic mass is 10.1. The fourth-order valence-corrected chi connectivity index (χ4v) is 4.54. The van der Waals surface area contributed by atoms with Gasteiger partial charge in [0.1, 0.15) is 11.0 Å². The predicted molar refractivity (Wildman–Crippen MR) is 112 cm³/mol. The van der Waals surface area contributed by atoms with Gasteiger partial charge in [0.2, 0.25) is 11.8 Å². The van der Waals surface area contributed by atoms with E-state index in [1.165, 1.54) is 0 Å². The third-order valence-electron chi connectivity index (χ3n) is 4.05. The first-order chi connectivity index (χ1) is 13.1. The van der Waals surface area contributed by atoms with Crippen LogP contribution >= 0.6 is 11.6 Å². The van der Waals surface area contributed by atoms with Gasteiger partial charge in [0, 0.05) is 16.4 Å². The molecule has 0 saturated heterocycles. The SMILES string of the molecule is CCC(C(=O)Nc1cc(C)cc(C)c1)S(=O)(=O)CC(=O)Nc1ccc(Cl)cc1. The van der Waals surface area contributed by atoms with E-state index in [-0.39, 0.29) is 6.42 Å². The number of benzene rings is 2. The van der Waals surface area contributed by atoms with Crippen LogP contribution in [0.2, 0.25) is 5.02 Å². The molecular formula is C20H23ClN2O4S. The maximum atomic E-state index is 12.6. The Bertz CT molecular complexity index is 952. The molecule has 0 aromatic heterocycles. The van der Waals surface area contributed by atoms with Crippen molar-refractivity contribution in [3.8, 4) is 0 Å². The van der Waals surface area contributed by atoms with Crippen molar-refractivity contribution in [1.82, 2.24) is 0 Å². The summed E-state index contributed by atoms with van der Waals surface area (Å²) in [7, 11) is -3.99. The molecule has 2 amide bonds. The van der Waals surface area contributed by atoms with Crippen molar-refractivity contribution in [2.24, 2.45) is 0 Å². The Balaban J connectivity index is 2.08. The minimum Gasteiger partial charge on any atom is -0.325 e. The first kappa shape index (κ1) is 21.9. The summed E-state index contributed by atoms with van der Waals surface area (Å²) in [5.41, 5.74) is 2.86. The lowest BCUT2D eigenvalue weighted by Gasteiger charge is -2.16. The van der Waals surface area contributed by atoms with Crippen LogP contribution in [0.15, 0.2) is 42.5 Å². The van der Waals surface area contributed by atoms with Gasteiger partial charge in [0.25, 0.3) is 0 Å². The summed E-state index contributed by atoms with van der Waals surface area (Å²) in [4.78, 5) is 24.7. The fourth-order valence-electron chi connectivity index (χ4n) is 2.89. The average molecular weight is 423 g/mol. The van der Waals surface area contributed by atoms with Crippen molar-refractivity contribution in [2.75, 3.05) is 16.4 Å². The molecule has 2 N–H and O–H groups in total. The van der Waals surface area contributed by atoms with Crippen LogP contribution in [-0.2, 0) is 19.4 Å². The average Bonchev–Trinajstić information content (AvgIpc) is 2.55. The summed E-state index contributed by atoms with van der Waals surface area (Å²) in [6.45, 7) is 5.37. The summed E-state index contributed by atoms with van der Waals surface area (Å²) in [5, 5.41) is 4.33. The third kappa shape index (κ3) is 6.07. The van der Waals surface area contributed by atoms with Gasteiger partial charge in [-0.1, -0.05) is 24.6 Å². The van der Waals surface area contributed by atoms with Crippen LogP contribution in [0, 0.1) is 13.8 Å². The summed E-state index contributed by atoms with van der Waals surface area (Å²) < 4.78 is 25.3. The quantitative estimate of drug-likeness (QED) is 0.711. The van der Waals surface area contributed by atoms with E-state index in [0.29, 0.717) is 16.4 Å². The van der Waals surface area contributed by atoms with Crippen LogP contribution in [0.3, 0.4) is 0 Å². The minimum atomic E-state index is -3.99. The molecule has 0 aliphatic carbocycles. The molecule has 2 aromatic rings. The Morgan fingerprint density at radius 3 is 2.07 bits per heavy atom. The largest absolute Gasteiger partial charge is 0.325 e. The number of nitrogens with one attached hydrogen (secondary N) is 2. The van der Waals surface area contributed by atoms with Gasteiger partial charge in [0.05, 0.1) is 0 Å². The predicted octanol–water partition coefficient (Wildman–Crippen LogP) is 3.73. The fraction of sp³-hybridized carbons (Fsp3) is 0.300. The van der Waals surface area contributed by atoms with Gasteiger partial charge in [-0.15, -0.1) is 0 Å². The molecular weight excluding hydrogens is 400 g/mol. The van der Waals surface area contributed by atoms with Gasteiger partial charge in [-0.25, -0.2) is 8.42 Å². The highest BCUT2D eigenvalue weighted by Crippen LogP contribution is 2.17. The van der Waals surface area contributed by atoms with Gasteiger partial charge >= 0.3 is 0 Å². The Labute approximate surface area is 170 Å². The molecule has 0 aliphatic rings. The van der Waals surface area contributed by atoms with Crippen LogP contribution in [0.1, 0.15) is 24.5 Å². The molecule has 150 valence electrons. The van der Waals surface area contributed by atoms with Crippen molar-refractivity contribution in [1.29, 1.82) is 0 Å². The smallest absolute Gasteiger partial charge is 0.242 e. The molecule has 2 rings (SSSR count). The monoisotopic (exact) mass is 422 g/mol. The Morgan fingerprint density at radius 1 is 0.964 bits per heavy atom. The zero-order valence-electron chi connectivity index (χ0n) is 16.0. The number of aryl methyl sites for hydroxylation is 2. The van der Waals surface area contributed by atoms with E-state index in [9.17, 15) is 18.0 Å². The van der Waals surface area contributed by atoms with Crippen LogP contribution in [0.25, 0.3) is 0 Å². The molecule has 0 radical (unpaired) electrons. The Kier molecular flexibility index (Phi) is 7.21. The molecule has 28 heavy (non-hydrogen) atoms. The molecule has 0 fully saturated rings. The van der Waals surface area contributed by atoms with Crippen molar-refractivity contribution in [2.45, 2.75) is 32.4 Å². The second-order valence-electron chi connectivity index (χ2n) is 6.62. The van der Waals surface area contributed by atoms with Crippen molar-refractivity contribution in [3.63, 3.8) is 0 Å². The number of hydrogen-bond acceptors (Lipinski definition) is 4. The number of rotatable bonds is 7. The maximum absolute atomic E-state index is 12.6. The van der Waals surface area contributed by atoms with Crippen molar-refractivity contribution in [3.05, 3.63) is 58.6 Å². The molecule has 0 saturated carbocycles. The topological polar surface area (TPSA) is 92.3 Å². The van der Waals surface area contributed by atoms with E-state index in [1.807, 2.05) is 19.9 Å². The summed E-state index contributed by atoms with van der Waals surface area (Å²) in [5.74, 6) is -2.14. The first-order valence-corrected chi connectivity index (χ1v) is 10.9. The third-order valence-corrected chi connectivity index (χ3v) is 6.38. The van der Waals surface area contributed by atoms with Crippen LogP contribution in [0.4, 0.5) is 11.4 Å². The zero-order valence-corrected chi connectivity index (χ0v) is 17.5. The van der Waals surface area contributed by atoms with Gasteiger partial charge in [-0.3, -0.25) is 9.59 Å². The highest BCUT2D eigenvalue weighted by molar-refractivity contribution is 7.93. The normalized spacial score (nSPS) is 12.3. The molecule has 0 aliphatic heterocycles. The van der Waals surface area contributed by atoms with Crippen LogP contribution < -0.4 is 10.6 Å². The standard InChI is InChI=1S/C20H23ClN2O4S/c1-4-18(20(25)23-17-10-13(2)9-14(3)11-17)28(26,27)12-19(24)22-16-7-5-15(21)6-8-16/h5-11,18H,4,12H2,1-3H3,(H,22,24)(H,23,25). The number of amides is 2. The van der Waals surface area contributed by atoms with Crippen LogP contribution in [-0.4, -0.2) is 31.2 Å². The number of carbonyl (C=O) groups is 2. The number of sulfone groups is 1. The van der Waals surface area contributed by atoms with E-state index < -0.39 is 32.7 Å². The second kappa shape index (κ2) is 9.21. The molecule has 2 aromatic carbocycles. The number of hydrogen-bond donors (Lipinski definition) is 2. The van der Waals surface area contributed by atoms with E-state index in [0.717, 1.165) is 11.1 Å². The Hall–Kier alpha value is -2.38.